The zero-order chi connectivity index (χ0) is 13.3. The van der Waals surface area contributed by atoms with Crippen LogP contribution in [-0.4, -0.2) is 25.7 Å². The predicted octanol–water partition coefficient (Wildman–Crippen LogP) is 2.13. The summed E-state index contributed by atoms with van der Waals surface area (Å²) in [6, 6.07) is 4.40. The topological polar surface area (TPSA) is 51.2 Å². The van der Waals surface area contributed by atoms with E-state index < -0.39 is 21.6 Å². The number of benzene rings is 1. The van der Waals surface area contributed by atoms with Gasteiger partial charge in [0.1, 0.15) is 11.6 Å². The number of carbonyl (C=O) groups excluding carboxylic acids is 1. The lowest BCUT2D eigenvalue weighted by molar-refractivity contribution is -0.121. The summed E-state index contributed by atoms with van der Waals surface area (Å²) in [5.74, 6) is -1.15. The maximum atomic E-state index is 13.5. The molecule has 0 amide bonds. The standard InChI is InChI=1S/C12H12BrFO3S/c13-10-1-2-11(14)9(5-10)6-12(15)8-3-4-18(16,17)7-8/h1-2,5,8H,3-4,6-7H2. The second-order valence-corrected chi connectivity index (χ2v) is 7.62. The van der Waals surface area contributed by atoms with Gasteiger partial charge in [-0.25, -0.2) is 12.8 Å². The van der Waals surface area contributed by atoms with E-state index in [4.69, 9.17) is 0 Å². The van der Waals surface area contributed by atoms with Gasteiger partial charge in [0, 0.05) is 16.8 Å². The predicted molar refractivity (Wildman–Crippen MR) is 69.6 cm³/mol. The maximum Gasteiger partial charge on any atom is 0.151 e. The molecular formula is C12H12BrFO3S. The highest BCUT2D eigenvalue weighted by molar-refractivity contribution is 9.10. The third kappa shape index (κ3) is 3.17. The summed E-state index contributed by atoms with van der Waals surface area (Å²) in [5.41, 5.74) is 0.304. The molecule has 1 fully saturated rings. The summed E-state index contributed by atoms with van der Waals surface area (Å²) in [5, 5.41) is 0. The molecule has 18 heavy (non-hydrogen) atoms. The second-order valence-electron chi connectivity index (χ2n) is 4.48. The summed E-state index contributed by atoms with van der Waals surface area (Å²) < 4.78 is 36.7. The van der Waals surface area contributed by atoms with Crippen LogP contribution < -0.4 is 0 Å². The summed E-state index contributed by atoms with van der Waals surface area (Å²) in [6.07, 6.45) is 0.308. The number of halogens is 2. The first kappa shape index (κ1) is 13.7. The van der Waals surface area contributed by atoms with E-state index in [1.807, 2.05) is 0 Å². The van der Waals surface area contributed by atoms with Crippen molar-refractivity contribution in [2.24, 2.45) is 5.92 Å². The van der Waals surface area contributed by atoms with E-state index in [0.717, 1.165) is 0 Å². The van der Waals surface area contributed by atoms with Gasteiger partial charge in [0.2, 0.25) is 0 Å². The van der Waals surface area contributed by atoms with Gasteiger partial charge >= 0.3 is 0 Å². The highest BCUT2D eigenvalue weighted by atomic mass is 79.9. The molecule has 1 atom stereocenters. The van der Waals surface area contributed by atoms with E-state index in [1.165, 1.54) is 6.07 Å². The van der Waals surface area contributed by atoms with Crippen molar-refractivity contribution in [1.82, 2.24) is 0 Å². The third-order valence-electron chi connectivity index (χ3n) is 3.06. The molecule has 0 N–H and O–H groups in total. The van der Waals surface area contributed by atoms with Crippen molar-refractivity contribution in [3.05, 3.63) is 34.1 Å². The van der Waals surface area contributed by atoms with E-state index in [1.54, 1.807) is 12.1 Å². The molecule has 98 valence electrons. The van der Waals surface area contributed by atoms with E-state index in [0.29, 0.717) is 16.5 Å². The molecule has 3 nitrogen and oxygen atoms in total. The average molecular weight is 335 g/mol. The van der Waals surface area contributed by atoms with Crippen molar-refractivity contribution in [3.8, 4) is 0 Å². The molecular weight excluding hydrogens is 323 g/mol. The van der Waals surface area contributed by atoms with Gasteiger partial charge in [-0.1, -0.05) is 15.9 Å². The summed E-state index contributed by atoms with van der Waals surface area (Å²) >= 11 is 3.21. The molecule has 2 rings (SSSR count). The zero-order valence-electron chi connectivity index (χ0n) is 9.53. The molecule has 1 aliphatic heterocycles. The van der Waals surface area contributed by atoms with Gasteiger partial charge in [0.25, 0.3) is 0 Å². The second kappa shape index (κ2) is 5.09. The van der Waals surface area contributed by atoms with Gasteiger partial charge in [-0.15, -0.1) is 0 Å². The fourth-order valence-electron chi connectivity index (χ4n) is 2.06. The van der Waals surface area contributed by atoms with Crippen LogP contribution in [0.4, 0.5) is 4.39 Å². The SMILES string of the molecule is O=C(Cc1cc(Br)ccc1F)C1CCS(=O)(=O)C1. The molecule has 1 unspecified atom stereocenters. The normalized spacial score (nSPS) is 22.0. The molecule has 0 bridgehead atoms. The van der Waals surface area contributed by atoms with E-state index in [9.17, 15) is 17.6 Å². The highest BCUT2D eigenvalue weighted by Crippen LogP contribution is 2.23. The van der Waals surface area contributed by atoms with E-state index in [2.05, 4.69) is 15.9 Å². The molecule has 1 aliphatic rings. The average Bonchev–Trinajstić information content (AvgIpc) is 2.64. The van der Waals surface area contributed by atoms with Crippen LogP contribution in [0, 0.1) is 11.7 Å². The molecule has 1 aromatic rings. The van der Waals surface area contributed by atoms with Gasteiger partial charge in [0.15, 0.2) is 9.84 Å². The number of rotatable bonds is 3. The molecule has 0 spiro atoms. The highest BCUT2D eigenvalue weighted by Gasteiger charge is 2.32. The van der Waals surface area contributed by atoms with Crippen LogP contribution in [0.5, 0.6) is 0 Å². The monoisotopic (exact) mass is 334 g/mol. The van der Waals surface area contributed by atoms with Crippen molar-refractivity contribution >= 4 is 31.6 Å². The lowest BCUT2D eigenvalue weighted by atomic mass is 9.97. The minimum Gasteiger partial charge on any atom is -0.299 e. The number of Topliss-reactive ketones (excluding diaryl/α,β-unsaturated/α-hetero) is 1. The summed E-state index contributed by atoms with van der Waals surface area (Å²) in [7, 11) is -3.07. The Labute approximate surface area is 113 Å². The molecule has 1 aromatic carbocycles. The van der Waals surface area contributed by atoms with Crippen molar-refractivity contribution in [3.63, 3.8) is 0 Å². The van der Waals surface area contributed by atoms with Gasteiger partial charge in [0.05, 0.1) is 11.5 Å². The lowest BCUT2D eigenvalue weighted by Gasteiger charge is -2.07. The Bertz CT molecular complexity index is 583. The molecule has 0 aromatic heterocycles. The van der Waals surface area contributed by atoms with Crippen LogP contribution in [0.1, 0.15) is 12.0 Å². The quantitative estimate of drug-likeness (QED) is 0.850. The number of hydrogen-bond acceptors (Lipinski definition) is 3. The fourth-order valence-corrected chi connectivity index (χ4v) is 4.24. The van der Waals surface area contributed by atoms with Crippen LogP contribution in [0.25, 0.3) is 0 Å². The molecule has 0 saturated carbocycles. The summed E-state index contributed by atoms with van der Waals surface area (Å²) in [6.45, 7) is 0. The Hall–Kier alpha value is -0.750. The van der Waals surface area contributed by atoms with Crippen LogP contribution in [0.2, 0.25) is 0 Å². The Balaban J connectivity index is 2.10. The fraction of sp³-hybridized carbons (Fsp3) is 0.417. The van der Waals surface area contributed by atoms with Crippen molar-refractivity contribution in [2.45, 2.75) is 12.8 Å². The van der Waals surface area contributed by atoms with Crippen LogP contribution >= 0.6 is 15.9 Å². The first-order chi connectivity index (χ1) is 8.37. The lowest BCUT2D eigenvalue weighted by Crippen LogP contribution is -2.18. The third-order valence-corrected chi connectivity index (χ3v) is 5.32. The number of ketones is 1. The van der Waals surface area contributed by atoms with E-state index >= 15 is 0 Å². The van der Waals surface area contributed by atoms with Gasteiger partial charge in [-0.3, -0.25) is 4.79 Å². The minimum atomic E-state index is -3.07. The van der Waals surface area contributed by atoms with Crippen molar-refractivity contribution in [2.75, 3.05) is 11.5 Å². The molecule has 1 saturated heterocycles. The number of hydrogen-bond donors (Lipinski definition) is 0. The molecule has 0 aliphatic carbocycles. The largest absolute Gasteiger partial charge is 0.299 e. The van der Waals surface area contributed by atoms with Gasteiger partial charge in [-0.2, -0.15) is 0 Å². The molecule has 1 heterocycles. The van der Waals surface area contributed by atoms with Crippen molar-refractivity contribution in [1.29, 1.82) is 0 Å². The Kier molecular flexibility index (Phi) is 3.87. The zero-order valence-corrected chi connectivity index (χ0v) is 11.9. The summed E-state index contributed by atoms with van der Waals surface area (Å²) in [4.78, 5) is 11.9. The van der Waals surface area contributed by atoms with Gasteiger partial charge in [-0.05, 0) is 30.2 Å². The van der Waals surface area contributed by atoms with Crippen LogP contribution in [-0.2, 0) is 21.1 Å². The molecule has 0 radical (unpaired) electrons. The van der Waals surface area contributed by atoms with Crippen LogP contribution in [0.15, 0.2) is 22.7 Å². The Morgan fingerprint density at radius 2 is 2.17 bits per heavy atom. The number of sulfone groups is 1. The Morgan fingerprint density at radius 1 is 1.44 bits per heavy atom. The minimum absolute atomic E-state index is 0.0501. The smallest absolute Gasteiger partial charge is 0.151 e. The molecule has 6 heteroatoms. The van der Waals surface area contributed by atoms with Crippen molar-refractivity contribution < 1.29 is 17.6 Å². The Morgan fingerprint density at radius 3 is 2.78 bits per heavy atom. The van der Waals surface area contributed by atoms with Crippen LogP contribution in [0.3, 0.4) is 0 Å². The number of carbonyl (C=O) groups is 1. The van der Waals surface area contributed by atoms with E-state index in [-0.39, 0.29) is 23.7 Å². The van der Waals surface area contributed by atoms with Gasteiger partial charge < -0.3 is 0 Å². The maximum absolute atomic E-state index is 13.5. The first-order valence-electron chi connectivity index (χ1n) is 5.54. The first-order valence-corrected chi connectivity index (χ1v) is 8.16.